The zero-order chi connectivity index (χ0) is 11.9. The molecule has 0 spiro atoms. The number of nitrogens with zero attached hydrogens (tertiary/aromatic N) is 2. The summed E-state index contributed by atoms with van der Waals surface area (Å²) in [5.74, 6) is -2.17. The van der Waals surface area contributed by atoms with E-state index < -0.39 is 11.8 Å². The van der Waals surface area contributed by atoms with Crippen LogP contribution in [0.2, 0.25) is 0 Å². The second-order valence-electron chi connectivity index (χ2n) is 3.79. The summed E-state index contributed by atoms with van der Waals surface area (Å²) < 4.78 is 14.9. The third-order valence-electron chi connectivity index (χ3n) is 2.37. The Balaban J connectivity index is 2.86. The molecular formula is C11H10FN2O2-. The van der Waals surface area contributed by atoms with Crippen molar-refractivity contribution in [2.75, 3.05) is 0 Å². The van der Waals surface area contributed by atoms with Gasteiger partial charge in [-0.05, 0) is 26.0 Å². The molecule has 0 saturated carbocycles. The number of carbonyl (C=O) groups excluding carboxylic acids is 1. The van der Waals surface area contributed by atoms with Crippen LogP contribution in [0, 0.1) is 5.82 Å². The lowest BCUT2D eigenvalue weighted by molar-refractivity contribution is -0.256. The molecule has 0 saturated heterocycles. The molecule has 0 aliphatic heterocycles. The van der Waals surface area contributed by atoms with Gasteiger partial charge in [-0.3, -0.25) is 0 Å². The summed E-state index contributed by atoms with van der Waals surface area (Å²) in [6.45, 7) is 3.61. The number of carbonyl (C=O) groups is 1. The maximum atomic E-state index is 13.4. The summed E-state index contributed by atoms with van der Waals surface area (Å²) in [4.78, 5) is 14.6. The minimum atomic E-state index is -1.40. The molecule has 0 radical (unpaired) electrons. The average Bonchev–Trinajstić information content (AvgIpc) is 2.58. The molecule has 0 aliphatic carbocycles. The van der Waals surface area contributed by atoms with Gasteiger partial charge in [0.25, 0.3) is 0 Å². The molecule has 5 heteroatoms. The normalized spacial score (nSPS) is 11.2. The number of aromatic carboxylic acids is 1. The summed E-state index contributed by atoms with van der Waals surface area (Å²) in [6, 6.07) is 4.29. The van der Waals surface area contributed by atoms with Crippen molar-refractivity contribution in [3.05, 3.63) is 29.8 Å². The first kappa shape index (κ1) is 10.6. The fourth-order valence-electron chi connectivity index (χ4n) is 1.75. The van der Waals surface area contributed by atoms with Gasteiger partial charge < -0.3 is 14.5 Å². The lowest BCUT2D eigenvalue weighted by Crippen LogP contribution is -2.27. The zero-order valence-corrected chi connectivity index (χ0v) is 8.90. The molecule has 0 fully saturated rings. The second kappa shape index (κ2) is 3.59. The number of carboxylic acid groups (broad SMARTS) is 1. The third kappa shape index (κ3) is 1.44. The molecule has 4 nitrogen and oxygen atoms in total. The van der Waals surface area contributed by atoms with Gasteiger partial charge >= 0.3 is 0 Å². The van der Waals surface area contributed by atoms with Crippen LogP contribution in [0.3, 0.4) is 0 Å². The number of benzene rings is 1. The van der Waals surface area contributed by atoms with Crippen LogP contribution in [-0.2, 0) is 0 Å². The molecule has 1 aromatic carbocycles. The minimum absolute atomic E-state index is 0.0652. The van der Waals surface area contributed by atoms with Gasteiger partial charge in [0.2, 0.25) is 0 Å². The molecule has 16 heavy (non-hydrogen) atoms. The van der Waals surface area contributed by atoms with Gasteiger partial charge in [0.05, 0.1) is 5.52 Å². The van der Waals surface area contributed by atoms with Crippen LogP contribution < -0.4 is 5.11 Å². The molecule has 0 bridgehead atoms. The van der Waals surface area contributed by atoms with Crippen molar-refractivity contribution in [3.8, 4) is 0 Å². The van der Waals surface area contributed by atoms with Crippen molar-refractivity contribution >= 4 is 17.0 Å². The SMILES string of the molecule is CC(C)n1c(C(=O)[O-])nc2c(F)cccc21. The largest absolute Gasteiger partial charge is 0.542 e. The van der Waals surface area contributed by atoms with Crippen molar-refractivity contribution in [2.24, 2.45) is 0 Å². The first-order valence-electron chi connectivity index (χ1n) is 4.90. The van der Waals surface area contributed by atoms with Crippen LogP contribution >= 0.6 is 0 Å². The van der Waals surface area contributed by atoms with Crippen molar-refractivity contribution in [1.29, 1.82) is 0 Å². The third-order valence-corrected chi connectivity index (χ3v) is 2.37. The molecule has 1 heterocycles. The highest BCUT2D eigenvalue weighted by atomic mass is 19.1. The number of aromatic nitrogens is 2. The van der Waals surface area contributed by atoms with E-state index in [1.54, 1.807) is 19.9 Å². The Kier molecular flexibility index (Phi) is 2.38. The van der Waals surface area contributed by atoms with Crippen LogP contribution in [-0.4, -0.2) is 15.5 Å². The summed E-state index contributed by atoms with van der Waals surface area (Å²) in [6.07, 6.45) is 0. The fourth-order valence-corrected chi connectivity index (χ4v) is 1.75. The van der Waals surface area contributed by atoms with E-state index in [4.69, 9.17) is 0 Å². The average molecular weight is 221 g/mol. The predicted molar refractivity (Wildman–Crippen MR) is 54.4 cm³/mol. The number of hydrogen-bond donors (Lipinski definition) is 0. The molecule has 0 unspecified atom stereocenters. The van der Waals surface area contributed by atoms with Crippen LogP contribution in [0.15, 0.2) is 18.2 Å². The predicted octanol–water partition coefficient (Wildman–Crippen LogP) is 1.12. The molecule has 0 atom stereocenters. The number of fused-ring (bicyclic) bond motifs is 1. The summed E-state index contributed by atoms with van der Waals surface area (Å²) >= 11 is 0. The van der Waals surface area contributed by atoms with E-state index in [0.717, 1.165) is 0 Å². The fraction of sp³-hybridized carbons (Fsp3) is 0.273. The Morgan fingerprint density at radius 3 is 2.75 bits per heavy atom. The Bertz CT molecular complexity index is 560. The van der Waals surface area contributed by atoms with Crippen LogP contribution in [0.25, 0.3) is 11.0 Å². The van der Waals surface area contributed by atoms with Gasteiger partial charge in [0.1, 0.15) is 11.5 Å². The maximum Gasteiger partial charge on any atom is 0.157 e. The minimum Gasteiger partial charge on any atom is -0.542 e. The van der Waals surface area contributed by atoms with Crippen molar-refractivity contribution < 1.29 is 14.3 Å². The summed E-state index contributed by atoms with van der Waals surface area (Å²) in [5.41, 5.74) is 0.532. The molecule has 0 amide bonds. The highest BCUT2D eigenvalue weighted by Crippen LogP contribution is 2.22. The van der Waals surface area contributed by atoms with E-state index in [-0.39, 0.29) is 17.4 Å². The first-order chi connectivity index (χ1) is 7.52. The maximum absolute atomic E-state index is 13.4. The number of carboxylic acids is 1. The first-order valence-corrected chi connectivity index (χ1v) is 4.90. The van der Waals surface area contributed by atoms with Crippen molar-refractivity contribution in [3.63, 3.8) is 0 Å². The molecular weight excluding hydrogens is 211 g/mol. The van der Waals surface area contributed by atoms with E-state index in [1.165, 1.54) is 16.7 Å². The Hall–Kier alpha value is -1.91. The van der Waals surface area contributed by atoms with Gasteiger partial charge in [-0.15, -0.1) is 0 Å². The van der Waals surface area contributed by atoms with Crippen LogP contribution in [0.1, 0.15) is 30.5 Å². The van der Waals surface area contributed by atoms with Gasteiger partial charge in [0, 0.05) is 6.04 Å². The molecule has 0 aliphatic rings. The van der Waals surface area contributed by atoms with Crippen molar-refractivity contribution in [2.45, 2.75) is 19.9 Å². The highest BCUT2D eigenvalue weighted by molar-refractivity contribution is 5.88. The van der Waals surface area contributed by atoms with Gasteiger partial charge in [-0.1, -0.05) is 6.07 Å². The number of imidazole rings is 1. The quantitative estimate of drug-likeness (QED) is 0.763. The smallest absolute Gasteiger partial charge is 0.157 e. The van der Waals surface area contributed by atoms with Crippen LogP contribution in [0.5, 0.6) is 0 Å². The Morgan fingerprint density at radius 2 is 2.19 bits per heavy atom. The number of para-hydroxylation sites is 1. The highest BCUT2D eigenvalue weighted by Gasteiger charge is 2.15. The topological polar surface area (TPSA) is 58.0 Å². The van der Waals surface area contributed by atoms with E-state index in [2.05, 4.69) is 4.98 Å². The van der Waals surface area contributed by atoms with Gasteiger partial charge in [-0.25, -0.2) is 9.37 Å². The number of halogens is 1. The lowest BCUT2D eigenvalue weighted by atomic mass is 10.3. The van der Waals surface area contributed by atoms with Gasteiger partial charge in [0.15, 0.2) is 11.6 Å². The standard InChI is InChI=1S/C11H11FN2O2/c1-6(2)14-8-5-3-4-7(12)9(8)13-10(14)11(15)16/h3-6H,1-2H3,(H,15,16)/p-1. The Morgan fingerprint density at radius 1 is 1.50 bits per heavy atom. The summed E-state index contributed by atoms with van der Waals surface area (Å²) in [5, 5.41) is 10.9. The second-order valence-corrected chi connectivity index (χ2v) is 3.79. The molecule has 2 rings (SSSR count). The summed E-state index contributed by atoms with van der Waals surface area (Å²) in [7, 11) is 0. The number of rotatable bonds is 2. The molecule has 84 valence electrons. The Labute approximate surface area is 91.3 Å². The van der Waals surface area contributed by atoms with Crippen molar-refractivity contribution in [1.82, 2.24) is 9.55 Å². The van der Waals surface area contributed by atoms with E-state index in [1.807, 2.05) is 0 Å². The molecule has 2 aromatic rings. The van der Waals surface area contributed by atoms with E-state index in [9.17, 15) is 14.3 Å². The van der Waals surface area contributed by atoms with Gasteiger partial charge in [-0.2, -0.15) is 0 Å². The molecule has 0 N–H and O–H groups in total. The van der Waals surface area contributed by atoms with Crippen LogP contribution in [0.4, 0.5) is 4.39 Å². The number of hydrogen-bond acceptors (Lipinski definition) is 3. The van der Waals surface area contributed by atoms with E-state index in [0.29, 0.717) is 5.52 Å². The molecule has 1 aromatic heterocycles. The monoisotopic (exact) mass is 221 g/mol. The lowest BCUT2D eigenvalue weighted by Gasteiger charge is -2.12. The zero-order valence-electron chi connectivity index (χ0n) is 8.90. The van der Waals surface area contributed by atoms with E-state index >= 15 is 0 Å².